The second-order valence-electron chi connectivity index (χ2n) is 4.25. The summed E-state index contributed by atoms with van der Waals surface area (Å²) in [6, 6.07) is 10.1. The Hall–Kier alpha value is -1.99. The second kappa shape index (κ2) is 4.35. The van der Waals surface area contributed by atoms with E-state index in [9.17, 15) is 0 Å². The minimum absolute atomic E-state index is 0.167. The van der Waals surface area contributed by atoms with E-state index < -0.39 is 0 Å². The van der Waals surface area contributed by atoms with Gasteiger partial charge in [0, 0.05) is 11.6 Å². The average molecular weight is 259 g/mol. The van der Waals surface area contributed by atoms with Crippen molar-refractivity contribution in [2.45, 2.75) is 12.5 Å². The first-order valence-electron chi connectivity index (χ1n) is 5.76. The molecule has 18 heavy (non-hydrogen) atoms. The fourth-order valence-electron chi connectivity index (χ4n) is 2.30. The lowest BCUT2D eigenvalue weighted by Crippen LogP contribution is -2.24. The number of halogens is 1. The van der Waals surface area contributed by atoms with Crippen LogP contribution in [-0.2, 0) is 0 Å². The van der Waals surface area contributed by atoms with Gasteiger partial charge < -0.3 is 5.32 Å². The molecule has 0 amide bonds. The molecule has 1 aliphatic heterocycles. The summed E-state index contributed by atoms with van der Waals surface area (Å²) in [5.41, 5.74) is 1.75. The average Bonchev–Trinajstić information content (AvgIpc) is 2.82. The van der Waals surface area contributed by atoms with Crippen LogP contribution in [0.3, 0.4) is 0 Å². The summed E-state index contributed by atoms with van der Waals surface area (Å²) in [7, 11) is 0. The van der Waals surface area contributed by atoms with Gasteiger partial charge in [0.2, 0.25) is 0 Å². The molecule has 3 rings (SSSR count). The molecule has 0 bridgehead atoms. The maximum Gasteiger partial charge on any atom is 0.143 e. The Morgan fingerprint density at radius 2 is 2.17 bits per heavy atom. The number of fused-ring (bicyclic) bond motifs is 1. The predicted octanol–water partition coefficient (Wildman–Crippen LogP) is 2.81. The summed E-state index contributed by atoms with van der Waals surface area (Å²) < 4.78 is 1.88. The van der Waals surface area contributed by atoms with Crippen molar-refractivity contribution in [1.29, 1.82) is 5.26 Å². The zero-order valence-corrected chi connectivity index (χ0v) is 10.4. The molecule has 5 heteroatoms. The number of hydrogen-bond donors (Lipinski definition) is 1. The molecular weight excluding hydrogens is 248 g/mol. The Balaban J connectivity index is 2.04. The molecule has 4 nitrogen and oxygen atoms in total. The molecule has 1 aromatic carbocycles. The minimum Gasteiger partial charge on any atom is -0.369 e. The number of nitrogens with zero attached hydrogens (tertiary/aromatic N) is 3. The van der Waals surface area contributed by atoms with Gasteiger partial charge in [0.15, 0.2) is 0 Å². The fraction of sp³-hybridized carbons (Fsp3) is 0.231. The van der Waals surface area contributed by atoms with Gasteiger partial charge in [-0.05, 0) is 24.1 Å². The third-order valence-electron chi connectivity index (χ3n) is 3.18. The number of anilines is 1. The summed E-state index contributed by atoms with van der Waals surface area (Å²) in [5.74, 6) is 0.809. The first-order valence-corrected chi connectivity index (χ1v) is 6.14. The molecule has 0 unspecified atom stereocenters. The zero-order valence-electron chi connectivity index (χ0n) is 9.60. The molecule has 1 atom stereocenters. The van der Waals surface area contributed by atoms with Crippen LogP contribution in [0.15, 0.2) is 30.5 Å². The zero-order chi connectivity index (χ0) is 12.5. The normalized spacial score (nSPS) is 17.7. The van der Waals surface area contributed by atoms with Crippen LogP contribution in [0.5, 0.6) is 0 Å². The number of nitriles is 1. The van der Waals surface area contributed by atoms with Crippen molar-refractivity contribution >= 4 is 17.4 Å². The largest absolute Gasteiger partial charge is 0.369 e. The highest BCUT2D eigenvalue weighted by Crippen LogP contribution is 2.31. The van der Waals surface area contributed by atoms with Gasteiger partial charge in [0.25, 0.3) is 0 Å². The minimum atomic E-state index is 0.167. The van der Waals surface area contributed by atoms with E-state index in [0.29, 0.717) is 5.56 Å². The van der Waals surface area contributed by atoms with E-state index in [1.54, 1.807) is 6.20 Å². The van der Waals surface area contributed by atoms with Crippen molar-refractivity contribution in [3.63, 3.8) is 0 Å². The van der Waals surface area contributed by atoms with E-state index >= 15 is 0 Å². The summed E-state index contributed by atoms with van der Waals surface area (Å²) in [4.78, 5) is 0. The quantitative estimate of drug-likeness (QED) is 0.856. The summed E-state index contributed by atoms with van der Waals surface area (Å²) in [5, 5.41) is 17.3. The van der Waals surface area contributed by atoms with Gasteiger partial charge in [0.1, 0.15) is 17.5 Å². The van der Waals surface area contributed by atoms with Gasteiger partial charge in [-0.1, -0.05) is 23.7 Å². The molecule has 0 saturated carbocycles. The van der Waals surface area contributed by atoms with Gasteiger partial charge in [-0.15, -0.1) is 0 Å². The van der Waals surface area contributed by atoms with E-state index in [1.165, 1.54) is 0 Å². The summed E-state index contributed by atoms with van der Waals surface area (Å²) in [6.45, 7) is 0.841. The Labute approximate surface area is 110 Å². The van der Waals surface area contributed by atoms with E-state index in [1.807, 2.05) is 28.9 Å². The van der Waals surface area contributed by atoms with Crippen LogP contribution >= 0.6 is 11.6 Å². The number of nitrogens with one attached hydrogen (secondary N) is 1. The van der Waals surface area contributed by atoms with Gasteiger partial charge in [-0.3, -0.25) is 0 Å². The van der Waals surface area contributed by atoms with Crippen molar-refractivity contribution in [3.05, 3.63) is 46.6 Å². The highest BCUT2D eigenvalue weighted by Gasteiger charge is 2.24. The maximum atomic E-state index is 9.01. The van der Waals surface area contributed by atoms with Crippen LogP contribution in [0.1, 0.15) is 23.6 Å². The molecule has 0 saturated heterocycles. The van der Waals surface area contributed by atoms with E-state index in [0.717, 1.165) is 29.4 Å². The third kappa shape index (κ3) is 1.73. The number of hydrogen-bond acceptors (Lipinski definition) is 3. The monoisotopic (exact) mass is 258 g/mol. The third-order valence-corrected chi connectivity index (χ3v) is 3.43. The van der Waals surface area contributed by atoms with Crippen LogP contribution < -0.4 is 5.32 Å². The highest BCUT2D eigenvalue weighted by atomic mass is 35.5. The Morgan fingerprint density at radius 1 is 1.39 bits per heavy atom. The lowest BCUT2D eigenvalue weighted by Gasteiger charge is -2.26. The first-order chi connectivity index (χ1) is 8.79. The van der Waals surface area contributed by atoms with Crippen molar-refractivity contribution in [3.8, 4) is 6.07 Å². The van der Waals surface area contributed by atoms with Gasteiger partial charge in [-0.2, -0.15) is 10.4 Å². The fourth-order valence-corrected chi connectivity index (χ4v) is 2.42. The van der Waals surface area contributed by atoms with Crippen LogP contribution in [0.4, 0.5) is 5.82 Å². The Morgan fingerprint density at radius 3 is 2.89 bits per heavy atom. The molecule has 90 valence electrons. The standard InChI is InChI=1S/C13H11ClN4/c14-11-3-1-9(2-4-11)12-5-6-16-13-10(7-15)8-17-18(12)13/h1-4,8,12,16H,5-6H2/t12-/m1/s1. The number of aromatic nitrogens is 2. The predicted molar refractivity (Wildman–Crippen MR) is 69.6 cm³/mol. The smallest absolute Gasteiger partial charge is 0.143 e. The van der Waals surface area contributed by atoms with Crippen LogP contribution in [0.25, 0.3) is 0 Å². The van der Waals surface area contributed by atoms with Gasteiger partial charge in [-0.25, -0.2) is 4.68 Å². The molecule has 0 fully saturated rings. The molecule has 2 heterocycles. The van der Waals surface area contributed by atoms with E-state index in [4.69, 9.17) is 16.9 Å². The summed E-state index contributed by atoms with van der Waals surface area (Å²) >= 11 is 5.90. The van der Waals surface area contributed by atoms with Crippen molar-refractivity contribution < 1.29 is 0 Å². The van der Waals surface area contributed by atoms with Gasteiger partial charge in [0.05, 0.1) is 12.2 Å². The van der Waals surface area contributed by atoms with Crippen LogP contribution in [0, 0.1) is 11.3 Å². The van der Waals surface area contributed by atoms with Crippen molar-refractivity contribution in [2.24, 2.45) is 0 Å². The summed E-state index contributed by atoms with van der Waals surface area (Å²) in [6.07, 6.45) is 2.55. The molecule has 0 aliphatic carbocycles. The number of benzene rings is 1. The first kappa shape index (κ1) is 11.1. The molecular formula is C13H11ClN4. The molecule has 0 radical (unpaired) electrons. The molecule has 1 aliphatic rings. The molecule has 0 spiro atoms. The second-order valence-corrected chi connectivity index (χ2v) is 4.68. The van der Waals surface area contributed by atoms with Crippen LogP contribution in [0.2, 0.25) is 5.02 Å². The highest BCUT2D eigenvalue weighted by molar-refractivity contribution is 6.30. The van der Waals surface area contributed by atoms with Crippen LogP contribution in [-0.4, -0.2) is 16.3 Å². The lowest BCUT2D eigenvalue weighted by molar-refractivity contribution is 0.482. The van der Waals surface area contributed by atoms with Crippen molar-refractivity contribution in [2.75, 3.05) is 11.9 Å². The lowest BCUT2D eigenvalue weighted by atomic mass is 10.0. The number of rotatable bonds is 1. The van der Waals surface area contributed by atoms with E-state index in [-0.39, 0.29) is 6.04 Å². The molecule has 2 aromatic rings. The Bertz CT molecular complexity index is 609. The topological polar surface area (TPSA) is 53.6 Å². The van der Waals surface area contributed by atoms with E-state index in [2.05, 4.69) is 16.5 Å². The Kier molecular flexibility index (Phi) is 2.69. The molecule has 1 N–H and O–H groups in total. The van der Waals surface area contributed by atoms with Gasteiger partial charge >= 0.3 is 0 Å². The maximum absolute atomic E-state index is 9.01. The molecule has 1 aromatic heterocycles. The SMILES string of the molecule is N#Cc1cnn2c1NCC[C@@H]2c1ccc(Cl)cc1. The van der Waals surface area contributed by atoms with Crippen molar-refractivity contribution in [1.82, 2.24) is 9.78 Å².